The molecule has 0 radical (unpaired) electrons. The van der Waals surface area contributed by atoms with Crippen molar-refractivity contribution in [2.75, 3.05) is 0 Å². The summed E-state index contributed by atoms with van der Waals surface area (Å²) >= 11 is 0. The minimum atomic E-state index is -0.414. The number of hydrogen-bond acceptors (Lipinski definition) is 3. The first-order valence-electron chi connectivity index (χ1n) is 1.74. The van der Waals surface area contributed by atoms with Gasteiger partial charge in [0.2, 0.25) is 0 Å². The van der Waals surface area contributed by atoms with Gasteiger partial charge in [-0.15, -0.1) is 0 Å². The van der Waals surface area contributed by atoms with Crippen LogP contribution in [-0.2, 0) is 0 Å². The lowest BCUT2D eigenvalue weighted by Gasteiger charge is -1.69. The molecule has 0 amide bonds. The van der Waals surface area contributed by atoms with Crippen LogP contribution < -0.4 is 5.32 Å². The van der Waals surface area contributed by atoms with E-state index in [0.29, 0.717) is 0 Å². The van der Waals surface area contributed by atoms with Crippen molar-refractivity contribution in [3.8, 4) is 0 Å². The van der Waals surface area contributed by atoms with E-state index in [0.717, 1.165) is 0 Å². The summed E-state index contributed by atoms with van der Waals surface area (Å²) in [5, 5.41) is 11.0. The summed E-state index contributed by atoms with van der Waals surface area (Å²) in [6.45, 7) is 3.20. The molecular formula is C3H6N2O. The maximum absolute atomic E-state index is 8.38. The fourth-order valence-electron chi connectivity index (χ4n) is 0.272. The second-order valence-corrected chi connectivity index (χ2v) is 1.24. The first-order valence-corrected chi connectivity index (χ1v) is 1.74. The van der Waals surface area contributed by atoms with Crippen molar-refractivity contribution >= 4 is 6.72 Å². The van der Waals surface area contributed by atoms with Crippen molar-refractivity contribution in [1.82, 2.24) is 5.32 Å². The van der Waals surface area contributed by atoms with Crippen LogP contribution in [0.5, 0.6) is 0 Å². The summed E-state index contributed by atoms with van der Waals surface area (Å²) in [5.41, 5.74) is 0. The first kappa shape index (κ1) is 3.77. The zero-order valence-corrected chi connectivity index (χ0v) is 3.26. The van der Waals surface area contributed by atoms with E-state index in [1.54, 1.807) is 0 Å². The van der Waals surface area contributed by atoms with Crippen LogP contribution in [0.2, 0.25) is 0 Å². The minimum absolute atomic E-state index is 0.0787. The van der Waals surface area contributed by atoms with Gasteiger partial charge < -0.3 is 5.11 Å². The summed E-state index contributed by atoms with van der Waals surface area (Å²) in [6, 6.07) is 0. The summed E-state index contributed by atoms with van der Waals surface area (Å²) in [6.07, 6.45) is -0.493. The smallest absolute Gasteiger partial charge is 0.142 e. The van der Waals surface area contributed by atoms with E-state index in [2.05, 4.69) is 17.0 Å². The Bertz CT molecular complexity index is 73.2. The Kier molecular flexibility index (Phi) is 0.645. The van der Waals surface area contributed by atoms with E-state index in [1.165, 1.54) is 0 Å². The number of aliphatic hydroxyl groups is 1. The van der Waals surface area contributed by atoms with Crippen molar-refractivity contribution in [2.45, 2.75) is 12.4 Å². The third-order valence-corrected chi connectivity index (χ3v) is 0.728. The number of hydrogen-bond donors (Lipinski definition) is 2. The SMILES string of the molecule is C=N[C@@H]1N[C@@H]1O. The number of nitrogens with zero attached hydrogens (tertiary/aromatic N) is 1. The van der Waals surface area contributed by atoms with Crippen molar-refractivity contribution in [3.63, 3.8) is 0 Å². The fourth-order valence-corrected chi connectivity index (χ4v) is 0.272. The van der Waals surface area contributed by atoms with Gasteiger partial charge in [-0.1, -0.05) is 0 Å². The normalized spacial score (nSPS) is 42.2. The highest BCUT2D eigenvalue weighted by atomic mass is 16.3. The van der Waals surface area contributed by atoms with E-state index in [9.17, 15) is 0 Å². The zero-order valence-electron chi connectivity index (χ0n) is 3.26. The topological polar surface area (TPSA) is 54.5 Å². The quantitative estimate of drug-likeness (QED) is 0.315. The Morgan fingerprint density at radius 2 is 2.33 bits per heavy atom. The van der Waals surface area contributed by atoms with Crippen LogP contribution in [0.4, 0.5) is 0 Å². The highest BCUT2D eigenvalue weighted by molar-refractivity contribution is 5.25. The molecule has 1 rings (SSSR count). The second-order valence-electron chi connectivity index (χ2n) is 1.24. The predicted octanol–water partition coefficient (Wildman–Crippen LogP) is -1.07. The largest absolute Gasteiger partial charge is 0.375 e. The van der Waals surface area contributed by atoms with Crippen LogP contribution in [-0.4, -0.2) is 24.2 Å². The predicted molar refractivity (Wildman–Crippen MR) is 22.5 cm³/mol. The highest BCUT2D eigenvalue weighted by Crippen LogP contribution is 2.04. The van der Waals surface area contributed by atoms with Crippen LogP contribution in [0.25, 0.3) is 0 Å². The number of nitrogens with one attached hydrogen (secondary N) is 1. The van der Waals surface area contributed by atoms with Crippen LogP contribution >= 0.6 is 0 Å². The van der Waals surface area contributed by atoms with Gasteiger partial charge in [0.1, 0.15) is 12.4 Å². The third kappa shape index (κ3) is 0.418. The number of aliphatic imine (C=N–C) groups is 1. The fraction of sp³-hybridized carbons (Fsp3) is 0.667. The molecule has 3 heteroatoms. The van der Waals surface area contributed by atoms with E-state index < -0.39 is 6.23 Å². The molecule has 0 unspecified atom stereocenters. The molecule has 6 heavy (non-hydrogen) atoms. The molecule has 1 aliphatic heterocycles. The summed E-state index contributed by atoms with van der Waals surface area (Å²) in [4.78, 5) is 3.47. The van der Waals surface area contributed by atoms with Gasteiger partial charge in [-0.3, -0.25) is 10.3 Å². The zero-order chi connectivity index (χ0) is 4.57. The molecule has 2 N–H and O–H groups in total. The Morgan fingerprint density at radius 1 is 1.83 bits per heavy atom. The van der Waals surface area contributed by atoms with Crippen molar-refractivity contribution in [2.24, 2.45) is 4.99 Å². The number of aliphatic hydroxyl groups excluding tert-OH is 1. The Morgan fingerprint density at radius 3 is 2.33 bits per heavy atom. The minimum Gasteiger partial charge on any atom is -0.375 e. The van der Waals surface area contributed by atoms with Crippen molar-refractivity contribution in [3.05, 3.63) is 0 Å². The lowest BCUT2D eigenvalue weighted by molar-refractivity contribution is 0.265. The molecule has 0 bridgehead atoms. The van der Waals surface area contributed by atoms with Gasteiger partial charge in [-0.25, -0.2) is 0 Å². The molecule has 0 aromatic carbocycles. The monoisotopic (exact) mass is 86.0 g/mol. The second kappa shape index (κ2) is 1.03. The lowest BCUT2D eigenvalue weighted by atomic mass is 10.7. The first-order chi connectivity index (χ1) is 2.84. The van der Waals surface area contributed by atoms with Crippen molar-refractivity contribution < 1.29 is 5.11 Å². The molecular weight excluding hydrogens is 80.0 g/mol. The van der Waals surface area contributed by atoms with Gasteiger partial charge in [0.25, 0.3) is 0 Å². The molecule has 0 aromatic heterocycles. The van der Waals surface area contributed by atoms with Gasteiger partial charge in [0, 0.05) is 0 Å². The average Bonchev–Trinajstić information content (AvgIpc) is 2.19. The average molecular weight is 86.1 g/mol. The molecule has 1 saturated heterocycles. The molecule has 0 aromatic rings. The van der Waals surface area contributed by atoms with Crippen LogP contribution in [0.3, 0.4) is 0 Å². The third-order valence-electron chi connectivity index (χ3n) is 0.728. The van der Waals surface area contributed by atoms with Crippen LogP contribution in [0.1, 0.15) is 0 Å². The Balaban J connectivity index is 2.25. The molecule has 0 saturated carbocycles. The molecule has 1 fully saturated rings. The van der Waals surface area contributed by atoms with Crippen LogP contribution in [0, 0.1) is 0 Å². The number of rotatable bonds is 1. The maximum Gasteiger partial charge on any atom is 0.142 e. The summed E-state index contributed by atoms with van der Waals surface area (Å²) in [7, 11) is 0. The maximum atomic E-state index is 8.38. The Hall–Kier alpha value is -0.410. The van der Waals surface area contributed by atoms with E-state index in [4.69, 9.17) is 5.11 Å². The molecule has 34 valence electrons. The van der Waals surface area contributed by atoms with Gasteiger partial charge >= 0.3 is 0 Å². The molecule has 0 spiro atoms. The summed E-state index contributed by atoms with van der Waals surface area (Å²) in [5.74, 6) is 0. The van der Waals surface area contributed by atoms with Crippen molar-refractivity contribution in [1.29, 1.82) is 0 Å². The van der Waals surface area contributed by atoms with E-state index >= 15 is 0 Å². The van der Waals surface area contributed by atoms with Crippen LogP contribution in [0.15, 0.2) is 4.99 Å². The van der Waals surface area contributed by atoms with Gasteiger partial charge in [-0.05, 0) is 6.72 Å². The Labute approximate surface area is 35.7 Å². The molecule has 3 nitrogen and oxygen atoms in total. The molecule has 2 atom stereocenters. The highest BCUT2D eigenvalue weighted by Gasteiger charge is 2.32. The molecule has 1 heterocycles. The summed E-state index contributed by atoms with van der Waals surface area (Å²) < 4.78 is 0. The van der Waals surface area contributed by atoms with Gasteiger partial charge in [0.15, 0.2) is 0 Å². The van der Waals surface area contributed by atoms with Gasteiger partial charge in [0.05, 0.1) is 0 Å². The van der Waals surface area contributed by atoms with E-state index in [-0.39, 0.29) is 6.17 Å². The lowest BCUT2D eigenvalue weighted by Crippen LogP contribution is -1.83. The van der Waals surface area contributed by atoms with E-state index in [1.807, 2.05) is 0 Å². The van der Waals surface area contributed by atoms with Gasteiger partial charge in [-0.2, -0.15) is 0 Å². The molecule has 1 aliphatic rings. The standard InChI is InChI=1S/C3H6N2O/c1-4-2-3(6)5-2/h2-3,5-6H,1H2/t2-,3-/m1/s1. The molecule has 0 aliphatic carbocycles.